The molecule has 0 radical (unpaired) electrons. The first-order valence-electron chi connectivity index (χ1n) is 17.2. The lowest BCUT2D eigenvalue weighted by Gasteiger charge is -2.27. The van der Waals surface area contributed by atoms with Gasteiger partial charge in [0.25, 0.3) is 0 Å². The summed E-state index contributed by atoms with van der Waals surface area (Å²) in [5, 5.41) is 19.8. The molecule has 9 aromatic carbocycles. The molecule has 9 rings (SSSR count). The van der Waals surface area contributed by atoms with E-state index in [2.05, 4.69) is 205 Å². The highest BCUT2D eigenvalue weighted by Gasteiger charge is 2.18. The lowest BCUT2D eigenvalue weighted by Crippen LogP contribution is -2.10. The van der Waals surface area contributed by atoms with E-state index >= 15 is 0 Å². The number of hydrogen-bond acceptors (Lipinski definition) is 2. The molecule has 0 aromatic heterocycles. The summed E-state index contributed by atoms with van der Waals surface area (Å²) in [5.41, 5.74) is 8.04. The van der Waals surface area contributed by atoms with Crippen molar-refractivity contribution in [3.63, 3.8) is 0 Å². The minimum atomic E-state index is 0.637. The van der Waals surface area contributed by atoms with Crippen LogP contribution in [0.5, 0.6) is 0 Å². The molecule has 2 heteroatoms. The van der Waals surface area contributed by atoms with Crippen molar-refractivity contribution in [1.82, 2.24) is 0 Å². The van der Waals surface area contributed by atoms with Crippen molar-refractivity contribution in [1.29, 1.82) is 5.26 Å². The molecule has 0 saturated carbocycles. The van der Waals surface area contributed by atoms with Crippen LogP contribution in [0, 0.1) is 11.3 Å². The van der Waals surface area contributed by atoms with Gasteiger partial charge in [0.05, 0.1) is 11.6 Å². The highest BCUT2D eigenvalue weighted by Crippen LogP contribution is 2.43. The van der Waals surface area contributed by atoms with Gasteiger partial charge in [-0.25, -0.2) is 0 Å². The largest absolute Gasteiger partial charge is 0.310 e. The Morgan fingerprint density at radius 3 is 1.82 bits per heavy atom. The number of nitrogens with zero attached hydrogens (tertiary/aromatic N) is 2. The highest BCUT2D eigenvalue weighted by atomic mass is 15.1. The Hall–Kier alpha value is -6.95. The predicted molar refractivity (Wildman–Crippen MR) is 217 cm³/mol. The third-order valence-corrected chi connectivity index (χ3v) is 9.80. The summed E-state index contributed by atoms with van der Waals surface area (Å²) in [7, 11) is 0. The van der Waals surface area contributed by atoms with Crippen LogP contribution >= 0.6 is 0 Å². The zero-order valence-electron chi connectivity index (χ0n) is 27.9. The Morgan fingerprint density at radius 2 is 1.04 bits per heavy atom. The van der Waals surface area contributed by atoms with Crippen LogP contribution in [0.4, 0.5) is 17.1 Å². The second kappa shape index (κ2) is 12.8. The van der Waals surface area contributed by atoms with E-state index in [1.165, 1.54) is 32.3 Å². The summed E-state index contributed by atoms with van der Waals surface area (Å²) in [5.74, 6) is 0. The fourth-order valence-electron chi connectivity index (χ4n) is 7.30. The lowest BCUT2D eigenvalue weighted by molar-refractivity contribution is 1.29. The van der Waals surface area contributed by atoms with Crippen molar-refractivity contribution in [2.75, 3.05) is 4.90 Å². The Morgan fingerprint density at radius 1 is 0.392 bits per heavy atom. The highest BCUT2D eigenvalue weighted by molar-refractivity contribution is 6.09. The molecule has 0 unspecified atom stereocenters. The molecule has 0 saturated heterocycles. The first-order valence-corrected chi connectivity index (χ1v) is 17.2. The Labute approximate surface area is 297 Å². The van der Waals surface area contributed by atoms with Gasteiger partial charge >= 0.3 is 0 Å². The number of para-hydroxylation sites is 1. The van der Waals surface area contributed by atoms with Crippen molar-refractivity contribution in [2.24, 2.45) is 0 Å². The van der Waals surface area contributed by atoms with Gasteiger partial charge in [0.1, 0.15) is 0 Å². The molecule has 0 aliphatic heterocycles. The SMILES string of the molecule is N#Cc1cc2cc(N(c3ccccc3)c3ccc4ccccc4c3)cc(-c3cccc4ccccc34)c2cc1/C=C/c1ccc2ccccc2c1. The van der Waals surface area contributed by atoms with Gasteiger partial charge in [-0.3, -0.25) is 0 Å². The molecule has 0 spiro atoms. The first kappa shape index (κ1) is 30.1. The smallest absolute Gasteiger partial charge is 0.0998 e. The molecule has 0 heterocycles. The van der Waals surface area contributed by atoms with Crippen molar-refractivity contribution in [3.05, 3.63) is 199 Å². The molecule has 0 aliphatic carbocycles. The van der Waals surface area contributed by atoms with E-state index in [0.29, 0.717) is 5.56 Å². The Kier molecular flexibility index (Phi) is 7.58. The van der Waals surface area contributed by atoms with E-state index in [9.17, 15) is 5.26 Å². The van der Waals surface area contributed by atoms with Crippen LogP contribution in [0.25, 0.3) is 66.4 Å². The number of nitriles is 1. The van der Waals surface area contributed by atoms with Crippen LogP contribution in [0.2, 0.25) is 0 Å². The molecule has 0 fully saturated rings. The molecule has 0 amide bonds. The molecule has 9 aromatic rings. The molecular weight excluding hydrogens is 617 g/mol. The van der Waals surface area contributed by atoms with E-state index in [4.69, 9.17) is 0 Å². The summed E-state index contributed by atoms with van der Waals surface area (Å²) in [6.07, 6.45) is 4.19. The van der Waals surface area contributed by atoms with Crippen molar-refractivity contribution in [3.8, 4) is 17.2 Å². The monoisotopic (exact) mass is 648 g/mol. The maximum atomic E-state index is 10.5. The van der Waals surface area contributed by atoms with E-state index < -0.39 is 0 Å². The second-order valence-electron chi connectivity index (χ2n) is 12.9. The molecule has 0 bridgehead atoms. The standard InChI is InChI=1S/C49H32N2/c50-33-42-28-41-30-45(51(43-17-2-1-3-18-43)44-26-25-36-12-5-7-15-39(36)29-44)32-49(47-20-10-16-37-13-8-9-19-46(37)47)48(41)31-40(42)24-22-34-21-23-35-11-4-6-14-38(35)27-34/h1-32H/b24-22+. The van der Waals surface area contributed by atoms with E-state index in [-0.39, 0.29) is 0 Å². The Bertz CT molecular complexity index is 2820. The molecule has 0 aliphatic rings. The topological polar surface area (TPSA) is 27.0 Å². The summed E-state index contributed by atoms with van der Waals surface area (Å²) in [6.45, 7) is 0. The third-order valence-electron chi connectivity index (χ3n) is 9.80. The van der Waals surface area contributed by atoms with Crippen molar-refractivity contribution >= 4 is 72.3 Å². The number of benzene rings is 9. The average molecular weight is 649 g/mol. The lowest BCUT2D eigenvalue weighted by atomic mass is 9.90. The minimum Gasteiger partial charge on any atom is -0.310 e. The normalized spacial score (nSPS) is 11.4. The minimum absolute atomic E-state index is 0.637. The summed E-state index contributed by atoms with van der Waals surface area (Å²) in [6, 6.07) is 66.9. The van der Waals surface area contributed by atoms with Gasteiger partial charge < -0.3 is 4.90 Å². The molecule has 51 heavy (non-hydrogen) atoms. The summed E-state index contributed by atoms with van der Waals surface area (Å²) in [4.78, 5) is 2.32. The van der Waals surface area contributed by atoms with E-state index in [1.807, 2.05) is 0 Å². The molecule has 2 nitrogen and oxygen atoms in total. The van der Waals surface area contributed by atoms with Gasteiger partial charge in [0.15, 0.2) is 0 Å². The van der Waals surface area contributed by atoms with Gasteiger partial charge in [-0.1, -0.05) is 140 Å². The summed E-state index contributed by atoms with van der Waals surface area (Å²) < 4.78 is 0. The average Bonchev–Trinajstić information content (AvgIpc) is 3.19. The van der Waals surface area contributed by atoms with Crippen LogP contribution in [-0.4, -0.2) is 0 Å². The fraction of sp³-hybridized carbons (Fsp3) is 0. The van der Waals surface area contributed by atoms with Crippen molar-refractivity contribution in [2.45, 2.75) is 0 Å². The number of rotatable bonds is 6. The quantitative estimate of drug-likeness (QED) is 0.168. The Balaban J connectivity index is 1.28. The molecule has 0 N–H and O–H groups in total. The van der Waals surface area contributed by atoms with Crippen molar-refractivity contribution < 1.29 is 0 Å². The van der Waals surface area contributed by atoms with Crippen LogP contribution in [0.1, 0.15) is 16.7 Å². The van der Waals surface area contributed by atoms with Crippen LogP contribution in [0.15, 0.2) is 182 Å². The van der Waals surface area contributed by atoms with Crippen LogP contribution < -0.4 is 4.90 Å². The summed E-state index contributed by atoms with van der Waals surface area (Å²) >= 11 is 0. The van der Waals surface area contributed by atoms with Gasteiger partial charge in [0, 0.05) is 17.1 Å². The van der Waals surface area contributed by atoms with E-state index in [1.54, 1.807) is 0 Å². The van der Waals surface area contributed by atoms with Gasteiger partial charge in [0.2, 0.25) is 0 Å². The first-order chi connectivity index (χ1) is 25.2. The third kappa shape index (κ3) is 5.68. The van der Waals surface area contributed by atoms with Gasteiger partial charge in [-0.15, -0.1) is 0 Å². The number of anilines is 3. The maximum Gasteiger partial charge on any atom is 0.0998 e. The second-order valence-corrected chi connectivity index (χ2v) is 12.9. The van der Waals surface area contributed by atoms with Crippen LogP contribution in [-0.2, 0) is 0 Å². The van der Waals surface area contributed by atoms with E-state index in [0.717, 1.165) is 50.1 Å². The molecule has 0 atom stereocenters. The zero-order chi connectivity index (χ0) is 34.1. The fourth-order valence-corrected chi connectivity index (χ4v) is 7.30. The molecular formula is C49H32N2. The number of hydrogen-bond donors (Lipinski definition) is 0. The maximum absolute atomic E-state index is 10.5. The predicted octanol–water partition coefficient (Wildman–Crippen LogP) is 13.5. The number of fused-ring (bicyclic) bond motifs is 4. The zero-order valence-corrected chi connectivity index (χ0v) is 27.9. The van der Waals surface area contributed by atoms with Gasteiger partial charge in [-0.2, -0.15) is 5.26 Å². The van der Waals surface area contributed by atoms with Gasteiger partial charge in [-0.05, 0) is 120 Å². The molecule has 238 valence electrons. The van der Waals surface area contributed by atoms with Crippen LogP contribution in [0.3, 0.4) is 0 Å².